The van der Waals surface area contributed by atoms with Crippen molar-refractivity contribution in [2.45, 2.75) is 0 Å². The lowest BCUT2D eigenvalue weighted by Crippen LogP contribution is -2.20. The standard InChI is InChI=1S/C7H7FN2O/c8-10-7(11)9-6-4-2-1-3-5-6/h1-5H,(H2,9,10,11). The van der Waals surface area contributed by atoms with E-state index in [0.29, 0.717) is 5.69 Å². The molecule has 0 bridgehead atoms. The van der Waals surface area contributed by atoms with Crippen LogP contribution in [-0.2, 0) is 0 Å². The number of carbonyl (C=O) groups excluding carboxylic acids is 1. The second-order valence-electron chi connectivity index (χ2n) is 1.91. The van der Waals surface area contributed by atoms with Gasteiger partial charge in [-0.25, -0.2) is 4.79 Å². The molecule has 0 unspecified atom stereocenters. The molecule has 0 aliphatic rings. The zero-order valence-electron chi connectivity index (χ0n) is 5.67. The molecule has 1 aromatic carbocycles. The summed E-state index contributed by atoms with van der Waals surface area (Å²) in [6, 6.07) is 7.75. The average molecular weight is 154 g/mol. The molecule has 1 aromatic rings. The van der Waals surface area contributed by atoms with E-state index in [4.69, 9.17) is 0 Å². The van der Waals surface area contributed by atoms with Gasteiger partial charge in [-0.1, -0.05) is 22.7 Å². The molecule has 0 saturated heterocycles. The van der Waals surface area contributed by atoms with E-state index in [9.17, 15) is 9.28 Å². The molecule has 0 aliphatic heterocycles. The Bertz CT molecular complexity index is 237. The molecule has 0 fully saturated rings. The van der Waals surface area contributed by atoms with Crippen LogP contribution in [0.4, 0.5) is 15.0 Å². The number of nitrogens with one attached hydrogen (secondary N) is 2. The fraction of sp³-hybridized carbons (Fsp3) is 0. The van der Waals surface area contributed by atoms with Crippen molar-refractivity contribution < 1.29 is 9.28 Å². The van der Waals surface area contributed by atoms with Crippen LogP contribution in [0.3, 0.4) is 0 Å². The summed E-state index contributed by atoms with van der Waals surface area (Å²) in [6.45, 7) is 0. The SMILES string of the molecule is O=C(NF)Nc1ccccc1. The second kappa shape index (κ2) is 3.55. The minimum Gasteiger partial charge on any atom is -0.306 e. The number of rotatable bonds is 1. The average Bonchev–Trinajstić information content (AvgIpc) is 2.06. The summed E-state index contributed by atoms with van der Waals surface area (Å²) < 4.78 is 11.4. The Morgan fingerprint density at radius 1 is 1.27 bits per heavy atom. The lowest BCUT2D eigenvalue weighted by atomic mass is 10.3. The minimum atomic E-state index is -0.865. The molecule has 58 valence electrons. The van der Waals surface area contributed by atoms with Crippen molar-refractivity contribution in [3.05, 3.63) is 30.3 Å². The van der Waals surface area contributed by atoms with Crippen LogP contribution in [0.1, 0.15) is 0 Å². The third-order valence-electron chi connectivity index (χ3n) is 1.12. The normalized spacial score (nSPS) is 8.82. The third kappa shape index (κ3) is 2.25. The number of benzene rings is 1. The molecule has 0 atom stereocenters. The predicted molar refractivity (Wildman–Crippen MR) is 39.7 cm³/mol. The topological polar surface area (TPSA) is 41.1 Å². The monoisotopic (exact) mass is 154 g/mol. The number of para-hydroxylation sites is 1. The van der Waals surface area contributed by atoms with Crippen molar-refractivity contribution in [1.29, 1.82) is 0 Å². The van der Waals surface area contributed by atoms with Crippen molar-refractivity contribution >= 4 is 11.7 Å². The van der Waals surface area contributed by atoms with Crippen LogP contribution in [0.5, 0.6) is 0 Å². The number of urea groups is 1. The van der Waals surface area contributed by atoms with Gasteiger partial charge in [-0.15, -0.1) is 0 Å². The van der Waals surface area contributed by atoms with Gasteiger partial charge in [0.15, 0.2) is 0 Å². The van der Waals surface area contributed by atoms with Crippen LogP contribution >= 0.6 is 0 Å². The number of amides is 2. The highest BCUT2D eigenvalue weighted by Crippen LogP contribution is 2.03. The zero-order valence-corrected chi connectivity index (χ0v) is 5.67. The number of hydrogen-bond donors (Lipinski definition) is 2. The summed E-state index contributed by atoms with van der Waals surface area (Å²) in [6.07, 6.45) is 0. The van der Waals surface area contributed by atoms with Gasteiger partial charge >= 0.3 is 6.03 Å². The maximum Gasteiger partial charge on any atom is 0.347 e. The summed E-state index contributed by atoms with van der Waals surface area (Å²) in [5, 5.41) is 2.27. The Morgan fingerprint density at radius 3 is 2.45 bits per heavy atom. The number of anilines is 1. The number of halogens is 1. The van der Waals surface area contributed by atoms with Crippen LogP contribution in [0.25, 0.3) is 0 Å². The van der Waals surface area contributed by atoms with E-state index in [1.807, 2.05) is 0 Å². The van der Waals surface area contributed by atoms with Gasteiger partial charge < -0.3 is 5.32 Å². The fourth-order valence-corrected chi connectivity index (χ4v) is 0.676. The first-order valence-electron chi connectivity index (χ1n) is 3.05. The Labute approximate surface area is 63.2 Å². The van der Waals surface area contributed by atoms with Crippen molar-refractivity contribution in [3.63, 3.8) is 0 Å². The van der Waals surface area contributed by atoms with Gasteiger partial charge in [0.1, 0.15) is 0 Å². The number of carbonyl (C=O) groups is 1. The van der Waals surface area contributed by atoms with Gasteiger partial charge in [-0.3, -0.25) is 0 Å². The molecule has 2 amide bonds. The van der Waals surface area contributed by atoms with Crippen molar-refractivity contribution in [2.24, 2.45) is 0 Å². The Morgan fingerprint density at radius 2 is 1.91 bits per heavy atom. The molecule has 0 aliphatic carbocycles. The first-order valence-corrected chi connectivity index (χ1v) is 3.05. The van der Waals surface area contributed by atoms with Crippen molar-refractivity contribution in [2.75, 3.05) is 5.32 Å². The summed E-state index contributed by atoms with van der Waals surface area (Å²) in [7, 11) is 0. The maximum absolute atomic E-state index is 11.4. The highest BCUT2D eigenvalue weighted by atomic mass is 19.2. The first-order chi connectivity index (χ1) is 5.33. The van der Waals surface area contributed by atoms with E-state index >= 15 is 0 Å². The molecule has 0 heterocycles. The quantitative estimate of drug-likeness (QED) is 0.594. The fourth-order valence-electron chi connectivity index (χ4n) is 0.676. The molecule has 11 heavy (non-hydrogen) atoms. The molecular formula is C7H7FN2O. The van der Waals surface area contributed by atoms with E-state index in [1.54, 1.807) is 30.3 Å². The van der Waals surface area contributed by atoms with E-state index in [0.717, 1.165) is 5.54 Å². The van der Waals surface area contributed by atoms with Crippen LogP contribution in [0.15, 0.2) is 30.3 Å². The molecule has 2 N–H and O–H groups in total. The van der Waals surface area contributed by atoms with E-state index in [1.165, 1.54) is 0 Å². The highest BCUT2D eigenvalue weighted by molar-refractivity contribution is 5.88. The molecule has 4 heteroatoms. The van der Waals surface area contributed by atoms with E-state index in [2.05, 4.69) is 5.32 Å². The van der Waals surface area contributed by atoms with Gasteiger partial charge in [0.05, 0.1) is 0 Å². The van der Waals surface area contributed by atoms with Gasteiger partial charge in [0, 0.05) is 5.69 Å². The minimum absolute atomic E-state index is 0.558. The van der Waals surface area contributed by atoms with E-state index < -0.39 is 6.03 Å². The molecule has 3 nitrogen and oxygen atoms in total. The third-order valence-corrected chi connectivity index (χ3v) is 1.12. The lowest BCUT2D eigenvalue weighted by molar-refractivity contribution is 0.230. The second-order valence-corrected chi connectivity index (χ2v) is 1.91. The van der Waals surface area contributed by atoms with Crippen molar-refractivity contribution in [3.8, 4) is 0 Å². The Kier molecular flexibility index (Phi) is 2.43. The predicted octanol–water partition coefficient (Wildman–Crippen LogP) is 1.69. The molecule has 0 spiro atoms. The van der Waals surface area contributed by atoms with E-state index in [-0.39, 0.29) is 0 Å². The summed E-state index contributed by atoms with van der Waals surface area (Å²) >= 11 is 0. The smallest absolute Gasteiger partial charge is 0.306 e. The summed E-state index contributed by atoms with van der Waals surface area (Å²) in [5.74, 6) is 0. The van der Waals surface area contributed by atoms with Gasteiger partial charge in [-0.2, -0.15) is 5.54 Å². The highest BCUT2D eigenvalue weighted by Gasteiger charge is 1.96. The van der Waals surface area contributed by atoms with Crippen molar-refractivity contribution in [1.82, 2.24) is 5.54 Å². The lowest BCUT2D eigenvalue weighted by Gasteiger charge is -1.99. The summed E-state index contributed by atoms with van der Waals surface area (Å²) in [5.41, 5.74) is 1.52. The Hall–Kier alpha value is -1.58. The van der Waals surface area contributed by atoms with Crippen LogP contribution < -0.4 is 10.9 Å². The number of hydrogen-bond acceptors (Lipinski definition) is 1. The molecular weight excluding hydrogens is 147 g/mol. The Balaban J connectivity index is 2.58. The van der Waals surface area contributed by atoms with Gasteiger partial charge in [-0.05, 0) is 12.1 Å². The first kappa shape index (κ1) is 7.53. The van der Waals surface area contributed by atoms with Crippen LogP contribution in [-0.4, -0.2) is 6.03 Å². The molecule has 0 aromatic heterocycles. The maximum atomic E-state index is 11.4. The molecule has 1 rings (SSSR count). The zero-order chi connectivity index (χ0) is 8.10. The summed E-state index contributed by atoms with van der Waals surface area (Å²) in [4.78, 5) is 10.4. The van der Waals surface area contributed by atoms with Crippen LogP contribution in [0.2, 0.25) is 0 Å². The van der Waals surface area contributed by atoms with Gasteiger partial charge in [0.2, 0.25) is 0 Å². The van der Waals surface area contributed by atoms with Crippen LogP contribution in [0, 0.1) is 0 Å². The van der Waals surface area contributed by atoms with Gasteiger partial charge in [0.25, 0.3) is 0 Å². The largest absolute Gasteiger partial charge is 0.347 e. The molecule has 0 radical (unpaired) electrons. The molecule has 0 saturated carbocycles.